The molecule has 1 aliphatic heterocycles. The number of carbonyl (C=O) groups is 1. The first-order valence-electron chi connectivity index (χ1n) is 9.42. The van der Waals surface area contributed by atoms with E-state index in [1.54, 1.807) is 29.3 Å². The number of nitrogens with one attached hydrogen (secondary N) is 1. The molecule has 0 bridgehead atoms. The summed E-state index contributed by atoms with van der Waals surface area (Å²) in [4.78, 5) is 24.9. The van der Waals surface area contributed by atoms with E-state index in [1.807, 2.05) is 43.3 Å². The molecule has 3 heterocycles. The fourth-order valence-corrected chi connectivity index (χ4v) is 4.56. The number of pyridine rings is 1. The van der Waals surface area contributed by atoms with Crippen molar-refractivity contribution in [2.24, 2.45) is 0 Å². The number of ether oxygens (including phenoxy) is 1. The van der Waals surface area contributed by atoms with Gasteiger partial charge in [0.2, 0.25) is 0 Å². The molecule has 0 aliphatic carbocycles. The number of hydrogen-bond donors (Lipinski definition) is 1. The third-order valence-electron chi connectivity index (χ3n) is 4.52. The predicted octanol–water partition coefficient (Wildman–Crippen LogP) is 4.23. The van der Waals surface area contributed by atoms with Crippen molar-refractivity contribution in [1.82, 2.24) is 9.97 Å². The maximum atomic E-state index is 12.7. The average molecular weight is 427 g/mol. The molecule has 29 heavy (non-hydrogen) atoms. The highest BCUT2D eigenvalue weighted by molar-refractivity contribution is 7.98. The van der Waals surface area contributed by atoms with E-state index in [1.165, 1.54) is 0 Å². The van der Waals surface area contributed by atoms with E-state index in [0.29, 0.717) is 18.8 Å². The van der Waals surface area contributed by atoms with Gasteiger partial charge in [0.25, 0.3) is 5.91 Å². The van der Waals surface area contributed by atoms with Gasteiger partial charge in [-0.2, -0.15) is 0 Å². The molecule has 1 saturated heterocycles. The Morgan fingerprint density at radius 3 is 2.76 bits per heavy atom. The van der Waals surface area contributed by atoms with Crippen LogP contribution in [0.4, 0.5) is 11.5 Å². The molecule has 6 nitrogen and oxygen atoms in total. The van der Waals surface area contributed by atoms with Crippen molar-refractivity contribution in [3.8, 4) is 0 Å². The van der Waals surface area contributed by atoms with Gasteiger partial charge in [-0.3, -0.25) is 4.79 Å². The second-order valence-corrected chi connectivity index (χ2v) is 8.71. The van der Waals surface area contributed by atoms with Gasteiger partial charge < -0.3 is 15.0 Å². The number of nitrogens with zero attached hydrogens (tertiary/aromatic N) is 3. The van der Waals surface area contributed by atoms with Crippen LogP contribution in [0, 0.1) is 6.92 Å². The van der Waals surface area contributed by atoms with E-state index in [4.69, 9.17) is 4.74 Å². The molecular weight excluding hydrogens is 404 g/mol. The van der Waals surface area contributed by atoms with Crippen molar-refractivity contribution >= 4 is 40.5 Å². The Morgan fingerprint density at radius 1 is 1.24 bits per heavy atom. The molecule has 1 aromatic carbocycles. The number of morpholine rings is 1. The molecule has 1 N–H and O–H groups in total. The topological polar surface area (TPSA) is 67.4 Å². The molecule has 0 spiro atoms. The zero-order valence-corrected chi connectivity index (χ0v) is 17.8. The summed E-state index contributed by atoms with van der Waals surface area (Å²) < 4.78 is 5.41. The van der Waals surface area contributed by atoms with E-state index < -0.39 is 0 Å². The number of aryl methyl sites for hydroxylation is 1. The Morgan fingerprint density at radius 2 is 2.03 bits per heavy atom. The van der Waals surface area contributed by atoms with Crippen LogP contribution in [0.2, 0.25) is 0 Å². The Kier molecular flexibility index (Phi) is 6.43. The summed E-state index contributed by atoms with van der Waals surface area (Å²) in [6.45, 7) is 4.89. The molecule has 3 aromatic rings. The second-order valence-electron chi connectivity index (χ2n) is 6.60. The van der Waals surface area contributed by atoms with E-state index in [9.17, 15) is 4.79 Å². The SMILES string of the molecule is Cc1nc(CSc2ccc(C(=O)Nc3cccnc3N3CCOCC3)cc2)cs1. The van der Waals surface area contributed by atoms with Gasteiger partial charge in [0.15, 0.2) is 5.82 Å². The van der Waals surface area contributed by atoms with Crippen molar-refractivity contribution in [2.45, 2.75) is 17.6 Å². The minimum Gasteiger partial charge on any atom is -0.378 e. The maximum Gasteiger partial charge on any atom is 0.255 e. The maximum absolute atomic E-state index is 12.7. The Bertz CT molecular complexity index is 969. The van der Waals surface area contributed by atoms with Gasteiger partial charge in [0.1, 0.15) is 0 Å². The van der Waals surface area contributed by atoms with Crippen molar-refractivity contribution in [3.63, 3.8) is 0 Å². The van der Waals surface area contributed by atoms with Gasteiger partial charge in [0.05, 0.1) is 29.6 Å². The van der Waals surface area contributed by atoms with Gasteiger partial charge in [-0.1, -0.05) is 0 Å². The fraction of sp³-hybridized carbons (Fsp3) is 0.286. The van der Waals surface area contributed by atoms with Crippen molar-refractivity contribution < 1.29 is 9.53 Å². The van der Waals surface area contributed by atoms with Gasteiger partial charge in [-0.15, -0.1) is 23.1 Å². The highest BCUT2D eigenvalue weighted by Gasteiger charge is 2.17. The first-order chi connectivity index (χ1) is 14.2. The quantitative estimate of drug-likeness (QED) is 0.595. The second kappa shape index (κ2) is 9.39. The zero-order chi connectivity index (χ0) is 20.1. The normalized spacial score (nSPS) is 14.0. The van der Waals surface area contributed by atoms with E-state index in [0.717, 1.165) is 45.9 Å². The van der Waals surface area contributed by atoms with Gasteiger partial charge >= 0.3 is 0 Å². The summed E-state index contributed by atoms with van der Waals surface area (Å²) in [5.41, 5.74) is 2.43. The Labute approximate surface area is 178 Å². The monoisotopic (exact) mass is 426 g/mol. The van der Waals surface area contributed by atoms with Gasteiger partial charge in [0, 0.05) is 40.9 Å². The minimum absolute atomic E-state index is 0.140. The molecule has 1 amide bonds. The summed E-state index contributed by atoms with van der Waals surface area (Å²) in [6, 6.07) is 11.4. The van der Waals surface area contributed by atoms with E-state index in [-0.39, 0.29) is 5.91 Å². The van der Waals surface area contributed by atoms with Crippen LogP contribution in [0.3, 0.4) is 0 Å². The summed E-state index contributed by atoms with van der Waals surface area (Å²) in [5.74, 6) is 1.48. The van der Waals surface area contributed by atoms with E-state index in [2.05, 4.69) is 25.6 Å². The molecule has 1 fully saturated rings. The minimum atomic E-state index is -0.140. The van der Waals surface area contributed by atoms with Crippen molar-refractivity contribution in [1.29, 1.82) is 0 Å². The molecule has 4 rings (SSSR count). The summed E-state index contributed by atoms with van der Waals surface area (Å²) >= 11 is 3.38. The number of rotatable bonds is 6. The largest absolute Gasteiger partial charge is 0.378 e. The third-order valence-corrected chi connectivity index (χ3v) is 6.38. The third kappa shape index (κ3) is 5.14. The number of amides is 1. The summed E-state index contributed by atoms with van der Waals surface area (Å²) in [6.07, 6.45) is 1.75. The molecule has 150 valence electrons. The zero-order valence-electron chi connectivity index (χ0n) is 16.1. The van der Waals surface area contributed by atoms with Crippen molar-refractivity contribution in [2.75, 3.05) is 36.5 Å². The number of benzene rings is 1. The number of hydrogen-bond acceptors (Lipinski definition) is 7. The van der Waals surface area contributed by atoms with Gasteiger partial charge in [-0.25, -0.2) is 9.97 Å². The molecule has 0 unspecified atom stereocenters. The molecule has 8 heteroatoms. The van der Waals surface area contributed by atoms with Crippen LogP contribution < -0.4 is 10.2 Å². The predicted molar refractivity (Wildman–Crippen MR) is 118 cm³/mol. The smallest absolute Gasteiger partial charge is 0.255 e. The molecule has 0 atom stereocenters. The Hall–Kier alpha value is -2.42. The Balaban J connectivity index is 1.40. The lowest BCUT2D eigenvalue weighted by molar-refractivity contribution is 0.102. The first kappa shape index (κ1) is 19.9. The molecular formula is C21H22N4O2S2. The van der Waals surface area contributed by atoms with Crippen LogP contribution in [-0.2, 0) is 10.5 Å². The van der Waals surface area contributed by atoms with Gasteiger partial charge in [-0.05, 0) is 43.3 Å². The lowest BCUT2D eigenvalue weighted by Crippen LogP contribution is -2.37. The van der Waals surface area contributed by atoms with E-state index >= 15 is 0 Å². The lowest BCUT2D eigenvalue weighted by atomic mass is 10.2. The summed E-state index contributed by atoms with van der Waals surface area (Å²) in [7, 11) is 0. The molecule has 0 radical (unpaired) electrons. The molecule has 1 aliphatic rings. The standard InChI is InChI=1S/C21H22N4O2S2/c1-15-23-17(13-28-15)14-29-18-6-4-16(5-7-18)21(26)24-19-3-2-8-22-20(19)25-9-11-27-12-10-25/h2-8,13H,9-12,14H2,1H3,(H,24,26). The first-order valence-corrected chi connectivity index (χ1v) is 11.3. The number of thiazole rings is 1. The number of anilines is 2. The summed E-state index contributed by atoms with van der Waals surface area (Å²) in [5, 5.41) is 6.18. The number of aromatic nitrogens is 2. The molecule has 2 aromatic heterocycles. The lowest BCUT2D eigenvalue weighted by Gasteiger charge is -2.29. The highest BCUT2D eigenvalue weighted by atomic mass is 32.2. The highest BCUT2D eigenvalue weighted by Crippen LogP contribution is 2.26. The van der Waals surface area contributed by atoms with Crippen LogP contribution >= 0.6 is 23.1 Å². The van der Waals surface area contributed by atoms with Crippen molar-refractivity contribution in [3.05, 3.63) is 64.2 Å². The fourth-order valence-electron chi connectivity index (χ4n) is 3.05. The van der Waals surface area contributed by atoms with Crippen LogP contribution in [0.5, 0.6) is 0 Å². The average Bonchev–Trinajstić information content (AvgIpc) is 3.19. The van der Waals surface area contributed by atoms with Crippen LogP contribution in [0.25, 0.3) is 0 Å². The van der Waals surface area contributed by atoms with Crippen LogP contribution in [0.1, 0.15) is 21.1 Å². The van der Waals surface area contributed by atoms with Crippen LogP contribution in [0.15, 0.2) is 52.9 Å². The number of carbonyl (C=O) groups excluding carboxylic acids is 1. The van der Waals surface area contributed by atoms with Crippen LogP contribution in [-0.4, -0.2) is 42.2 Å². The molecule has 0 saturated carbocycles. The number of thioether (sulfide) groups is 1.